The lowest BCUT2D eigenvalue weighted by molar-refractivity contribution is -0.120. The van der Waals surface area contributed by atoms with Crippen LogP contribution in [0.1, 0.15) is 21.8 Å². The van der Waals surface area contributed by atoms with E-state index in [1.54, 1.807) is 35.7 Å². The maximum atomic E-state index is 12.1. The zero-order chi connectivity index (χ0) is 18.5. The molecule has 0 aliphatic carbocycles. The molecule has 2 heterocycles. The Morgan fingerprint density at radius 2 is 2.08 bits per heavy atom. The van der Waals surface area contributed by atoms with Gasteiger partial charge in [-0.1, -0.05) is 29.3 Å². The van der Waals surface area contributed by atoms with Gasteiger partial charge in [-0.15, -0.1) is 11.3 Å². The van der Waals surface area contributed by atoms with Gasteiger partial charge in [0.25, 0.3) is 5.91 Å². The van der Waals surface area contributed by atoms with E-state index in [-0.39, 0.29) is 18.1 Å². The predicted octanol–water partition coefficient (Wildman–Crippen LogP) is 4.15. The van der Waals surface area contributed by atoms with Gasteiger partial charge in [-0.2, -0.15) is 0 Å². The molecule has 3 aromatic rings. The van der Waals surface area contributed by atoms with E-state index < -0.39 is 5.91 Å². The van der Waals surface area contributed by atoms with Crippen molar-refractivity contribution in [1.82, 2.24) is 10.3 Å². The number of benzene rings is 1. The van der Waals surface area contributed by atoms with Crippen molar-refractivity contribution in [2.75, 3.05) is 5.32 Å². The Hall–Kier alpha value is -2.35. The third-order valence-corrected chi connectivity index (χ3v) is 4.74. The number of hydrogen-bond acceptors (Lipinski definition) is 5. The normalized spacial score (nSPS) is 10.5. The first kappa shape index (κ1) is 18.4. The number of anilines is 1. The molecule has 0 fully saturated rings. The average molecular weight is 410 g/mol. The third kappa shape index (κ3) is 4.85. The molecule has 0 unspecified atom stereocenters. The molecule has 0 spiro atoms. The highest BCUT2D eigenvalue weighted by atomic mass is 35.5. The van der Waals surface area contributed by atoms with Crippen LogP contribution in [0.2, 0.25) is 10.0 Å². The van der Waals surface area contributed by atoms with Crippen LogP contribution in [0.25, 0.3) is 0 Å². The zero-order valence-electron chi connectivity index (χ0n) is 13.3. The van der Waals surface area contributed by atoms with Gasteiger partial charge in [-0.3, -0.25) is 14.9 Å². The van der Waals surface area contributed by atoms with Gasteiger partial charge in [-0.25, -0.2) is 4.98 Å². The van der Waals surface area contributed by atoms with E-state index in [1.807, 2.05) is 0 Å². The summed E-state index contributed by atoms with van der Waals surface area (Å²) in [5.41, 5.74) is 1.33. The molecule has 0 bridgehead atoms. The number of carbonyl (C=O) groups is 2. The fourth-order valence-corrected chi connectivity index (χ4v) is 3.28. The Bertz CT molecular complexity index is 925. The van der Waals surface area contributed by atoms with Crippen LogP contribution in [0, 0.1) is 0 Å². The highest BCUT2D eigenvalue weighted by Crippen LogP contribution is 2.21. The van der Waals surface area contributed by atoms with E-state index in [0.29, 0.717) is 27.4 Å². The van der Waals surface area contributed by atoms with Gasteiger partial charge in [0.15, 0.2) is 10.9 Å². The van der Waals surface area contributed by atoms with E-state index >= 15 is 0 Å². The molecule has 6 nitrogen and oxygen atoms in total. The molecule has 0 saturated carbocycles. The van der Waals surface area contributed by atoms with Crippen LogP contribution in [0.3, 0.4) is 0 Å². The lowest BCUT2D eigenvalue weighted by Gasteiger charge is -2.06. The molecule has 1 aromatic carbocycles. The van der Waals surface area contributed by atoms with Gasteiger partial charge in [0.05, 0.1) is 18.4 Å². The lowest BCUT2D eigenvalue weighted by Crippen LogP contribution is -2.24. The molecule has 0 atom stereocenters. The van der Waals surface area contributed by atoms with Crippen molar-refractivity contribution in [1.29, 1.82) is 0 Å². The number of halogens is 2. The number of nitrogens with zero attached hydrogens (tertiary/aromatic N) is 1. The van der Waals surface area contributed by atoms with Crippen molar-refractivity contribution >= 4 is 51.5 Å². The van der Waals surface area contributed by atoms with Gasteiger partial charge < -0.3 is 9.73 Å². The smallest absolute Gasteiger partial charge is 0.293 e. The topological polar surface area (TPSA) is 84.2 Å². The Labute approximate surface area is 163 Å². The lowest BCUT2D eigenvalue weighted by atomic mass is 10.2. The molecule has 2 amide bonds. The first-order chi connectivity index (χ1) is 12.5. The maximum absolute atomic E-state index is 12.1. The Balaban J connectivity index is 1.52. The molecule has 26 heavy (non-hydrogen) atoms. The van der Waals surface area contributed by atoms with Gasteiger partial charge >= 0.3 is 0 Å². The summed E-state index contributed by atoms with van der Waals surface area (Å²) in [6.07, 6.45) is 1.51. The average Bonchev–Trinajstić information content (AvgIpc) is 3.26. The minimum absolute atomic E-state index is 0.0956. The van der Waals surface area contributed by atoms with Crippen molar-refractivity contribution in [3.63, 3.8) is 0 Å². The van der Waals surface area contributed by atoms with Crippen molar-refractivity contribution in [2.45, 2.75) is 13.0 Å². The quantitative estimate of drug-likeness (QED) is 0.640. The third-order valence-electron chi connectivity index (χ3n) is 3.35. The summed E-state index contributed by atoms with van der Waals surface area (Å²) < 4.78 is 5.01. The first-order valence-corrected chi connectivity index (χ1v) is 9.14. The molecule has 0 aliphatic rings. The summed E-state index contributed by atoms with van der Waals surface area (Å²) in [5, 5.41) is 8.54. The van der Waals surface area contributed by atoms with E-state index in [2.05, 4.69) is 15.6 Å². The van der Waals surface area contributed by atoms with E-state index in [9.17, 15) is 9.59 Å². The number of thiazole rings is 1. The van der Waals surface area contributed by atoms with E-state index in [4.69, 9.17) is 27.6 Å². The standard InChI is InChI=1S/C17H13Cl2N3O3S/c18-11-4-3-10(13(19)6-11)8-20-15(23)7-12-9-26-17(21-12)22-16(24)14-2-1-5-25-14/h1-6,9H,7-8H2,(H,20,23)(H,21,22,24). The number of aromatic nitrogens is 1. The van der Waals surface area contributed by atoms with Crippen LogP contribution in [-0.2, 0) is 17.8 Å². The van der Waals surface area contributed by atoms with Crippen LogP contribution in [0.5, 0.6) is 0 Å². The van der Waals surface area contributed by atoms with Crippen LogP contribution in [0.4, 0.5) is 5.13 Å². The second-order valence-electron chi connectivity index (χ2n) is 5.26. The van der Waals surface area contributed by atoms with Crippen molar-refractivity contribution in [3.05, 3.63) is 69.0 Å². The number of furan rings is 1. The summed E-state index contributed by atoms with van der Waals surface area (Å²) in [6, 6.07) is 8.27. The molecule has 134 valence electrons. The highest BCUT2D eigenvalue weighted by molar-refractivity contribution is 7.14. The molecule has 0 radical (unpaired) electrons. The molecular formula is C17H13Cl2N3O3S. The predicted molar refractivity (Wildman–Crippen MR) is 101 cm³/mol. The molecule has 3 rings (SSSR count). The summed E-state index contributed by atoms with van der Waals surface area (Å²) in [6.45, 7) is 0.293. The fourth-order valence-electron chi connectivity index (χ4n) is 2.10. The van der Waals surface area contributed by atoms with Gasteiger partial charge in [-0.05, 0) is 29.8 Å². The van der Waals surface area contributed by atoms with Crippen LogP contribution < -0.4 is 10.6 Å². The van der Waals surface area contributed by atoms with E-state index in [1.165, 1.54) is 17.6 Å². The monoisotopic (exact) mass is 409 g/mol. The number of rotatable bonds is 6. The second-order valence-corrected chi connectivity index (χ2v) is 6.97. The maximum Gasteiger partial charge on any atom is 0.293 e. The van der Waals surface area contributed by atoms with Crippen molar-refractivity contribution in [3.8, 4) is 0 Å². The molecule has 0 saturated heterocycles. The SMILES string of the molecule is O=C(Cc1csc(NC(=O)c2ccco2)n1)NCc1ccc(Cl)cc1Cl. The summed E-state index contributed by atoms with van der Waals surface area (Å²) >= 11 is 13.2. The Morgan fingerprint density at radius 3 is 2.81 bits per heavy atom. The Morgan fingerprint density at radius 1 is 1.23 bits per heavy atom. The number of nitrogens with one attached hydrogen (secondary N) is 2. The van der Waals surface area contributed by atoms with Crippen molar-refractivity contribution < 1.29 is 14.0 Å². The molecule has 2 N–H and O–H groups in total. The summed E-state index contributed by atoms with van der Waals surface area (Å²) in [7, 11) is 0. The summed E-state index contributed by atoms with van der Waals surface area (Å²) in [5.74, 6) is -0.401. The second kappa shape index (κ2) is 8.35. The number of amides is 2. The fraction of sp³-hybridized carbons (Fsp3) is 0.118. The van der Waals surface area contributed by atoms with Crippen LogP contribution >= 0.6 is 34.5 Å². The Kier molecular flexibility index (Phi) is 5.92. The van der Waals surface area contributed by atoms with Crippen LogP contribution in [0.15, 0.2) is 46.4 Å². The number of carbonyl (C=O) groups excluding carboxylic acids is 2. The highest BCUT2D eigenvalue weighted by Gasteiger charge is 2.13. The molecule has 2 aromatic heterocycles. The van der Waals surface area contributed by atoms with Gasteiger partial charge in [0.1, 0.15) is 0 Å². The van der Waals surface area contributed by atoms with Gasteiger partial charge in [0.2, 0.25) is 5.91 Å². The number of hydrogen-bond donors (Lipinski definition) is 2. The van der Waals surface area contributed by atoms with Crippen LogP contribution in [-0.4, -0.2) is 16.8 Å². The minimum Gasteiger partial charge on any atom is -0.459 e. The van der Waals surface area contributed by atoms with E-state index in [0.717, 1.165) is 5.56 Å². The van der Waals surface area contributed by atoms with Crippen molar-refractivity contribution in [2.24, 2.45) is 0 Å². The largest absolute Gasteiger partial charge is 0.459 e. The summed E-state index contributed by atoms with van der Waals surface area (Å²) in [4.78, 5) is 28.2. The zero-order valence-corrected chi connectivity index (χ0v) is 15.6. The van der Waals surface area contributed by atoms with Gasteiger partial charge in [0, 0.05) is 22.0 Å². The first-order valence-electron chi connectivity index (χ1n) is 7.51. The molecular weight excluding hydrogens is 397 g/mol. The molecule has 0 aliphatic heterocycles. The molecule has 9 heteroatoms. The minimum atomic E-state index is -0.391.